The van der Waals surface area contributed by atoms with Crippen LogP contribution in [0.4, 0.5) is 4.39 Å². The number of carbonyl (C=O) groups excluding carboxylic acids is 2. The van der Waals surface area contributed by atoms with Crippen molar-refractivity contribution in [3.8, 4) is 0 Å². The van der Waals surface area contributed by atoms with E-state index in [-0.39, 0.29) is 27.9 Å². The smallest absolute Gasteiger partial charge is 0.258 e. The third kappa shape index (κ3) is 2.11. The normalized spacial score (nSPS) is 22.1. The highest BCUT2D eigenvalue weighted by Gasteiger charge is 2.38. The van der Waals surface area contributed by atoms with Crippen LogP contribution >= 0.6 is 25.2 Å². The minimum atomic E-state index is -0.524. The Morgan fingerprint density at radius 2 is 2.15 bits per heavy atom. The molecule has 2 unspecified atom stereocenters. The zero-order chi connectivity index (χ0) is 14.4. The van der Waals surface area contributed by atoms with Crippen LogP contribution < -0.4 is 0 Å². The number of fused-ring (bicyclic) bond motifs is 1. The van der Waals surface area contributed by atoms with Crippen molar-refractivity contribution in [2.45, 2.75) is 25.4 Å². The van der Waals surface area contributed by atoms with Crippen LogP contribution in [0.25, 0.3) is 0 Å². The van der Waals surface area contributed by atoms with Crippen molar-refractivity contribution in [3.63, 3.8) is 0 Å². The molecular formula is C13H11BrFN2O2P. The van der Waals surface area contributed by atoms with Crippen LogP contribution in [0.3, 0.4) is 0 Å². The summed E-state index contributed by atoms with van der Waals surface area (Å²) < 4.78 is 14.4. The largest absolute Gasteiger partial charge is 0.326 e. The lowest BCUT2D eigenvalue weighted by atomic mass is 10.1. The maximum absolute atomic E-state index is 14.1. The van der Waals surface area contributed by atoms with Crippen molar-refractivity contribution in [3.05, 3.63) is 33.5 Å². The highest BCUT2D eigenvalue weighted by atomic mass is 79.9. The third-order valence-corrected chi connectivity index (χ3v) is 4.73. The first-order chi connectivity index (χ1) is 9.49. The first kappa shape index (κ1) is 13.8. The SMILES string of the molecule is O=C1CCC(N2Cc3ccc(Br)c(F)c3C2=O)C(P)=N1. The van der Waals surface area contributed by atoms with Crippen LogP contribution in [0.2, 0.25) is 0 Å². The van der Waals surface area contributed by atoms with Gasteiger partial charge in [0, 0.05) is 13.0 Å². The number of nitrogens with zero attached hydrogens (tertiary/aromatic N) is 2. The van der Waals surface area contributed by atoms with E-state index in [1.54, 1.807) is 17.0 Å². The zero-order valence-corrected chi connectivity index (χ0v) is 13.1. The molecule has 0 saturated carbocycles. The van der Waals surface area contributed by atoms with Gasteiger partial charge in [0.1, 0.15) is 5.82 Å². The molecule has 0 N–H and O–H groups in total. The summed E-state index contributed by atoms with van der Waals surface area (Å²) in [6.45, 7) is 0.352. The molecule has 2 amide bonds. The van der Waals surface area contributed by atoms with Gasteiger partial charge in [0.05, 0.1) is 21.5 Å². The van der Waals surface area contributed by atoms with Crippen LogP contribution in [0, 0.1) is 5.82 Å². The summed E-state index contributed by atoms with van der Waals surface area (Å²) >= 11 is 3.09. The molecular weight excluding hydrogens is 346 g/mol. The number of carbonyl (C=O) groups is 2. The molecule has 1 aromatic rings. The predicted molar refractivity (Wildman–Crippen MR) is 79.1 cm³/mol. The Bertz CT molecular complexity index is 662. The van der Waals surface area contributed by atoms with Gasteiger partial charge < -0.3 is 4.90 Å². The van der Waals surface area contributed by atoms with Gasteiger partial charge in [-0.05, 0) is 34.0 Å². The Balaban J connectivity index is 1.97. The summed E-state index contributed by atoms with van der Waals surface area (Å²) in [5, 5.41) is 0. The highest BCUT2D eigenvalue weighted by Crippen LogP contribution is 2.33. The molecule has 0 radical (unpaired) electrons. The van der Waals surface area contributed by atoms with Gasteiger partial charge in [-0.15, -0.1) is 0 Å². The number of hydrogen-bond acceptors (Lipinski definition) is 2. The number of halogens is 2. The molecule has 2 heterocycles. The average molecular weight is 357 g/mol. The number of amides is 2. The molecule has 2 atom stereocenters. The van der Waals surface area contributed by atoms with Crippen LogP contribution in [0.1, 0.15) is 28.8 Å². The molecule has 7 heteroatoms. The van der Waals surface area contributed by atoms with E-state index in [0.29, 0.717) is 30.4 Å². The molecule has 0 fully saturated rings. The monoisotopic (exact) mass is 356 g/mol. The Morgan fingerprint density at radius 3 is 2.85 bits per heavy atom. The quantitative estimate of drug-likeness (QED) is 0.726. The number of benzene rings is 1. The Labute approximate surface area is 125 Å². The first-order valence-electron chi connectivity index (χ1n) is 6.13. The molecule has 20 heavy (non-hydrogen) atoms. The zero-order valence-electron chi connectivity index (χ0n) is 10.4. The van der Waals surface area contributed by atoms with Crippen molar-refractivity contribution in [2.24, 2.45) is 4.99 Å². The van der Waals surface area contributed by atoms with E-state index in [2.05, 4.69) is 30.2 Å². The van der Waals surface area contributed by atoms with Gasteiger partial charge >= 0.3 is 0 Å². The third-order valence-electron chi connectivity index (χ3n) is 3.60. The molecule has 0 saturated heterocycles. The van der Waals surface area contributed by atoms with Gasteiger partial charge in [-0.25, -0.2) is 9.38 Å². The molecule has 104 valence electrons. The fourth-order valence-electron chi connectivity index (χ4n) is 2.60. The maximum atomic E-state index is 14.1. The lowest BCUT2D eigenvalue weighted by Crippen LogP contribution is -2.41. The summed E-state index contributed by atoms with van der Waals surface area (Å²) in [6, 6.07) is 3.09. The second-order valence-corrected chi connectivity index (χ2v) is 6.26. The van der Waals surface area contributed by atoms with Crippen molar-refractivity contribution in [2.75, 3.05) is 0 Å². The number of rotatable bonds is 1. The Hall–Kier alpha value is -1.13. The minimum absolute atomic E-state index is 0.120. The number of aliphatic imine (C=N–C) groups is 1. The first-order valence-corrected chi connectivity index (χ1v) is 7.51. The highest BCUT2D eigenvalue weighted by molar-refractivity contribution is 9.10. The van der Waals surface area contributed by atoms with Crippen molar-refractivity contribution < 1.29 is 14.0 Å². The summed E-state index contributed by atoms with van der Waals surface area (Å²) in [4.78, 5) is 29.1. The van der Waals surface area contributed by atoms with Crippen molar-refractivity contribution in [1.82, 2.24) is 4.90 Å². The van der Waals surface area contributed by atoms with Gasteiger partial charge in [-0.2, -0.15) is 0 Å². The second-order valence-electron chi connectivity index (χ2n) is 4.81. The Kier molecular flexibility index (Phi) is 3.46. The molecule has 0 aromatic heterocycles. The molecule has 2 aliphatic heterocycles. The molecule has 0 spiro atoms. The summed E-state index contributed by atoms with van der Waals surface area (Å²) in [7, 11) is 2.41. The molecule has 2 aliphatic rings. The maximum Gasteiger partial charge on any atom is 0.258 e. The minimum Gasteiger partial charge on any atom is -0.326 e. The standard InChI is InChI=1S/C13H11BrFN2O2P/c14-7-2-1-6-5-17(13(19)10(6)11(7)15)8-3-4-9(18)16-12(8)20/h1-2,8H,3-5,20H2. The van der Waals surface area contributed by atoms with E-state index >= 15 is 0 Å². The Morgan fingerprint density at radius 1 is 1.40 bits per heavy atom. The van der Waals surface area contributed by atoms with Gasteiger partial charge in [-0.1, -0.05) is 15.3 Å². The van der Waals surface area contributed by atoms with Gasteiger partial charge in [0.25, 0.3) is 5.91 Å². The van der Waals surface area contributed by atoms with Gasteiger partial charge in [-0.3, -0.25) is 9.59 Å². The van der Waals surface area contributed by atoms with Crippen LogP contribution in [-0.4, -0.2) is 28.2 Å². The van der Waals surface area contributed by atoms with Crippen molar-refractivity contribution in [1.29, 1.82) is 0 Å². The van der Waals surface area contributed by atoms with Crippen molar-refractivity contribution >= 4 is 42.4 Å². The van der Waals surface area contributed by atoms with Gasteiger partial charge in [0.15, 0.2) is 0 Å². The fraction of sp³-hybridized carbons (Fsp3) is 0.308. The van der Waals surface area contributed by atoms with Crippen LogP contribution in [-0.2, 0) is 11.3 Å². The second kappa shape index (κ2) is 5.01. The van der Waals surface area contributed by atoms with Crippen LogP contribution in [0.15, 0.2) is 21.6 Å². The summed E-state index contributed by atoms with van der Waals surface area (Å²) in [6.07, 6.45) is 0.846. The van der Waals surface area contributed by atoms with E-state index in [1.165, 1.54) is 0 Å². The van der Waals surface area contributed by atoms with Gasteiger partial charge in [0.2, 0.25) is 5.91 Å². The van der Waals surface area contributed by atoms with E-state index < -0.39 is 5.82 Å². The lowest BCUT2D eigenvalue weighted by Gasteiger charge is -2.29. The molecule has 4 nitrogen and oxygen atoms in total. The predicted octanol–water partition coefficient (Wildman–Crippen LogP) is 2.51. The molecule has 0 aliphatic carbocycles. The molecule has 3 rings (SSSR count). The topological polar surface area (TPSA) is 49.7 Å². The lowest BCUT2D eigenvalue weighted by molar-refractivity contribution is -0.118. The molecule has 1 aromatic carbocycles. The summed E-state index contributed by atoms with van der Waals surface area (Å²) in [5.74, 6) is -1.04. The van der Waals surface area contributed by atoms with Crippen LogP contribution in [0.5, 0.6) is 0 Å². The fourth-order valence-corrected chi connectivity index (χ4v) is 3.42. The average Bonchev–Trinajstić information content (AvgIpc) is 2.72. The number of hydrogen-bond donors (Lipinski definition) is 0. The van der Waals surface area contributed by atoms with E-state index in [9.17, 15) is 14.0 Å². The van der Waals surface area contributed by atoms with E-state index in [0.717, 1.165) is 0 Å². The molecule has 0 bridgehead atoms. The summed E-state index contributed by atoms with van der Waals surface area (Å²) in [5.41, 5.74) is 1.33. The van der Waals surface area contributed by atoms with E-state index in [4.69, 9.17) is 0 Å². The van der Waals surface area contributed by atoms with E-state index in [1.807, 2.05) is 0 Å².